The van der Waals surface area contributed by atoms with Gasteiger partial charge in [0.25, 0.3) is 0 Å². The van der Waals surface area contributed by atoms with E-state index in [-0.39, 0.29) is 0 Å². The standard InChI is InChI=1S/C14H20N2/c15-13-3-1-2-11(8-13)6-7-16-10-12-4-5-14(16)9-12/h1-3,8,12,14H,4-7,9-10,15H2. The van der Waals surface area contributed by atoms with Crippen molar-refractivity contribution >= 4 is 5.69 Å². The average molecular weight is 216 g/mol. The monoisotopic (exact) mass is 216 g/mol. The maximum Gasteiger partial charge on any atom is 0.0316 e. The first kappa shape index (κ1) is 10.2. The van der Waals surface area contributed by atoms with Gasteiger partial charge in [-0.15, -0.1) is 0 Å². The lowest BCUT2D eigenvalue weighted by Crippen LogP contribution is -2.33. The fourth-order valence-corrected chi connectivity index (χ4v) is 3.32. The number of fused-ring (bicyclic) bond motifs is 2. The molecule has 2 heteroatoms. The molecule has 0 aromatic heterocycles. The SMILES string of the molecule is Nc1cccc(CCN2CC3CCC2C3)c1. The molecule has 16 heavy (non-hydrogen) atoms. The third kappa shape index (κ3) is 1.94. The van der Waals surface area contributed by atoms with Crippen LogP contribution < -0.4 is 5.73 Å². The van der Waals surface area contributed by atoms with Crippen molar-refractivity contribution in [1.29, 1.82) is 0 Å². The highest BCUT2D eigenvalue weighted by atomic mass is 15.2. The number of anilines is 1. The van der Waals surface area contributed by atoms with Crippen LogP contribution in [0.4, 0.5) is 5.69 Å². The molecule has 2 atom stereocenters. The number of nitrogen functional groups attached to an aromatic ring is 1. The van der Waals surface area contributed by atoms with Crippen LogP contribution in [0.5, 0.6) is 0 Å². The summed E-state index contributed by atoms with van der Waals surface area (Å²) >= 11 is 0. The Kier molecular flexibility index (Phi) is 2.60. The van der Waals surface area contributed by atoms with E-state index in [1.54, 1.807) is 0 Å². The first-order valence-electron chi connectivity index (χ1n) is 6.40. The van der Waals surface area contributed by atoms with Crippen molar-refractivity contribution < 1.29 is 0 Å². The van der Waals surface area contributed by atoms with E-state index in [0.717, 1.165) is 24.1 Å². The first-order chi connectivity index (χ1) is 7.81. The molecule has 1 saturated heterocycles. The fraction of sp³-hybridized carbons (Fsp3) is 0.571. The summed E-state index contributed by atoms with van der Waals surface area (Å²) in [5, 5.41) is 0. The number of rotatable bonds is 3. The summed E-state index contributed by atoms with van der Waals surface area (Å²) in [6, 6.07) is 9.20. The molecule has 2 nitrogen and oxygen atoms in total. The summed E-state index contributed by atoms with van der Waals surface area (Å²) in [5.74, 6) is 1.01. The van der Waals surface area contributed by atoms with Crippen molar-refractivity contribution in [3.05, 3.63) is 29.8 Å². The van der Waals surface area contributed by atoms with Gasteiger partial charge in [-0.3, -0.25) is 4.90 Å². The highest BCUT2D eigenvalue weighted by molar-refractivity contribution is 5.40. The fourth-order valence-electron chi connectivity index (χ4n) is 3.32. The summed E-state index contributed by atoms with van der Waals surface area (Å²) in [5.41, 5.74) is 8.06. The van der Waals surface area contributed by atoms with E-state index in [0.29, 0.717) is 0 Å². The molecular weight excluding hydrogens is 196 g/mol. The Hall–Kier alpha value is -1.02. The summed E-state index contributed by atoms with van der Waals surface area (Å²) in [6.07, 6.45) is 5.51. The maximum atomic E-state index is 5.79. The Morgan fingerprint density at radius 2 is 2.25 bits per heavy atom. The van der Waals surface area contributed by atoms with Crippen LogP contribution in [0.3, 0.4) is 0 Å². The van der Waals surface area contributed by atoms with Crippen LogP contribution in [0, 0.1) is 5.92 Å². The predicted molar refractivity (Wildman–Crippen MR) is 67.3 cm³/mol. The maximum absolute atomic E-state index is 5.79. The molecule has 1 aromatic carbocycles. The molecule has 1 saturated carbocycles. The Morgan fingerprint density at radius 3 is 2.94 bits per heavy atom. The minimum Gasteiger partial charge on any atom is -0.399 e. The van der Waals surface area contributed by atoms with Gasteiger partial charge in [-0.1, -0.05) is 12.1 Å². The van der Waals surface area contributed by atoms with Crippen LogP contribution in [0.25, 0.3) is 0 Å². The molecule has 2 unspecified atom stereocenters. The van der Waals surface area contributed by atoms with Crippen LogP contribution >= 0.6 is 0 Å². The van der Waals surface area contributed by atoms with E-state index in [9.17, 15) is 0 Å². The van der Waals surface area contributed by atoms with Gasteiger partial charge in [0, 0.05) is 24.8 Å². The van der Waals surface area contributed by atoms with Crippen molar-refractivity contribution in [1.82, 2.24) is 4.90 Å². The molecule has 2 N–H and O–H groups in total. The molecule has 0 spiro atoms. The van der Waals surface area contributed by atoms with Crippen LogP contribution in [0.2, 0.25) is 0 Å². The molecule has 1 aromatic rings. The second-order valence-electron chi connectivity index (χ2n) is 5.32. The highest BCUT2D eigenvalue weighted by Gasteiger charge is 2.36. The van der Waals surface area contributed by atoms with Gasteiger partial charge in [0.15, 0.2) is 0 Å². The second kappa shape index (κ2) is 4.10. The molecule has 1 heterocycles. The Balaban J connectivity index is 1.57. The number of hydrogen-bond donors (Lipinski definition) is 1. The smallest absolute Gasteiger partial charge is 0.0316 e. The highest BCUT2D eigenvalue weighted by Crippen LogP contribution is 2.37. The van der Waals surface area contributed by atoms with Gasteiger partial charge in [0.1, 0.15) is 0 Å². The lowest BCUT2D eigenvalue weighted by atomic mass is 10.1. The number of likely N-dealkylation sites (tertiary alicyclic amines) is 1. The van der Waals surface area contributed by atoms with E-state index in [1.165, 1.54) is 37.9 Å². The van der Waals surface area contributed by atoms with Crippen molar-refractivity contribution in [3.8, 4) is 0 Å². The van der Waals surface area contributed by atoms with Gasteiger partial charge in [0.05, 0.1) is 0 Å². The zero-order valence-corrected chi connectivity index (χ0v) is 9.73. The zero-order chi connectivity index (χ0) is 11.0. The quantitative estimate of drug-likeness (QED) is 0.786. The summed E-state index contributed by atoms with van der Waals surface area (Å²) in [4.78, 5) is 2.68. The molecule has 2 aliphatic rings. The average Bonchev–Trinajstić information content (AvgIpc) is 2.88. The van der Waals surface area contributed by atoms with Gasteiger partial charge in [-0.05, 0) is 49.3 Å². The summed E-state index contributed by atoms with van der Waals surface area (Å²) < 4.78 is 0. The molecule has 1 aliphatic heterocycles. The topological polar surface area (TPSA) is 29.3 Å². The van der Waals surface area contributed by atoms with Gasteiger partial charge < -0.3 is 5.73 Å². The van der Waals surface area contributed by atoms with Gasteiger partial charge in [0.2, 0.25) is 0 Å². The van der Waals surface area contributed by atoms with Crippen LogP contribution in [0.1, 0.15) is 24.8 Å². The molecule has 2 fully saturated rings. The lowest BCUT2D eigenvalue weighted by Gasteiger charge is -2.26. The van der Waals surface area contributed by atoms with E-state index in [1.807, 2.05) is 6.07 Å². The van der Waals surface area contributed by atoms with Crippen molar-refractivity contribution in [2.24, 2.45) is 5.92 Å². The van der Waals surface area contributed by atoms with Gasteiger partial charge in [-0.25, -0.2) is 0 Å². The van der Waals surface area contributed by atoms with Crippen molar-refractivity contribution in [3.63, 3.8) is 0 Å². The molecule has 2 bridgehead atoms. The largest absolute Gasteiger partial charge is 0.399 e. The third-order valence-corrected chi connectivity index (χ3v) is 4.16. The number of nitrogens with zero attached hydrogens (tertiary/aromatic N) is 1. The Bertz CT molecular complexity index is 375. The molecule has 1 aliphatic carbocycles. The summed E-state index contributed by atoms with van der Waals surface area (Å²) in [7, 11) is 0. The molecule has 0 radical (unpaired) electrons. The number of piperidine rings is 1. The molecular formula is C14H20N2. The number of hydrogen-bond acceptors (Lipinski definition) is 2. The molecule has 3 rings (SSSR count). The first-order valence-corrected chi connectivity index (χ1v) is 6.40. The Morgan fingerprint density at radius 1 is 1.31 bits per heavy atom. The van der Waals surface area contributed by atoms with Crippen molar-refractivity contribution in [2.75, 3.05) is 18.8 Å². The minimum absolute atomic E-state index is 0.889. The Labute approximate surface area is 97.4 Å². The van der Waals surface area contributed by atoms with E-state index >= 15 is 0 Å². The van der Waals surface area contributed by atoms with E-state index < -0.39 is 0 Å². The van der Waals surface area contributed by atoms with Gasteiger partial charge in [-0.2, -0.15) is 0 Å². The predicted octanol–water partition coefficient (Wildman–Crippen LogP) is 2.30. The lowest BCUT2D eigenvalue weighted by molar-refractivity contribution is 0.216. The van der Waals surface area contributed by atoms with Gasteiger partial charge >= 0.3 is 0 Å². The molecule has 86 valence electrons. The minimum atomic E-state index is 0.889. The number of nitrogens with two attached hydrogens (primary N) is 1. The van der Waals surface area contributed by atoms with Crippen LogP contribution in [0.15, 0.2) is 24.3 Å². The van der Waals surface area contributed by atoms with Crippen molar-refractivity contribution in [2.45, 2.75) is 31.7 Å². The van der Waals surface area contributed by atoms with E-state index in [2.05, 4.69) is 23.1 Å². The number of benzene rings is 1. The summed E-state index contributed by atoms with van der Waals surface area (Å²) in [6.45, 7) is 2.55. The normalized spacial score (nSPS) is 28.8. The van der Waals surface area contributed by atoms with Crippen LogP contribution in [-0.2, 0) is 6.42 Å². The second-order valence-corrected chi connectivity index (χ2v) is 5.32. The molecule has 0 amide bonds. The van der Waals surface area contributed by atoms with Crippen LogP contribution in [-0.4, -0.2) is 24.0 Å². The zero-order valence-electron chi connectivity index (χ0n) is 9.73. The third-order valence-electron chi connectivity index (χ3n) is 4.16. The van der Waals surface area contributed by atoms with E-state index in [4.69, 9.17) is 5.73 Å².